The van der Waals surface area contributed by atoms with Crippen LogP contribution in [0.1, 0.15) is 54.4 Å². The van der Waals surface area contributed by atoms with Crippen LogP contribution in [0.2, 0.25) is 5.02 Å². The Bertz CT molecular complexity index is 1420. The summed E-state index contributed by atoms with van der Waals surface area (Å²) in [4.78, 5) is 35.7. The first kappa shape index (κ1) is 24.8. The maximum absolute atomic E-state index is 12.4. The number of benzene rings is 1. The van der Waals surface area contributed by atoms with Crippen LogP contribution in [0.4, 0.5) is 16.3 Å². The highest BCUT2D eigenvalue weighted by atomic mass is 35.5. The van der Waals surface area contributed by atoms with Gasteiger partial charge >= 0.3 is 6.09 Å². The van der Waals surface area contributed by atoms with Crippen LogP contribution in [0.3, 0.4) is 0 Å². The molecule has 0 spiro atoms. The van der Waals surface area contributed by atoms with Gasteiger partial charge < -0.3 is 19.4 Å². The first-order valence-corrected chi connectivity index (χ1v) is 12.4. The van der Waals surface area contributed by atoms with Gasteiger partial charge in [0.05, 0.1) is 12.0 Å². The number of nitrogens with one attached hydrogen (secondary N) is 1. The van der Waals surface area contributed by atoms with Gasteiger partial charge in [-0.05, 0) is 74.7 Å². The average molecular weight is 519 g/mol. The van der Waals surface area contributed by atoms with Crippen molar-refractivity contribution in [1.82, 2.24) is 9.88 Å². The molecule has 9 heteroatoms. The molecule has 0 fully saturated rings. The SMILES string of the molecule is CC(C)(C)OC(=O)N1CC=C(c2cnc3c(c2)CC(c2cc(NC(=O)c4ccco4)ccc2Cl)=N3)CC1. The molecule has 2 aliphatic rings. The summed E-state index contributed by atoms with van der Waals surface area (Å²) < 4.78 is 10.6. The number of rotatable bonds is 4. The normalized spacial score (nSPS) is 15.1. The molecule has 2 amide bonds. The Labute approximate surface area is 220 Å². The van der Waals surface area contributed by atoms with Gasteiger partial charge in [0.15, 0.2) is 11.6 Å². The summed E-state index contributed by atoms with van der Waals surface area (Å²) in [6, 6.07) is 10.6. The van der Waals surface area contributed by atoms with Gasteiger partial charge in [0.2, 0.25) is 0 Å². The molecule has 3 aromatic rings. The Kier molecular flexibility index (Phi) is 6.60. The fraction of sp³-hybridized carbons (Fsp3) is 0.286. The van der Waals surface area contributed by atoms with E-state index in [0.717, 1.165) is 34.4 Å². The lowest BCUT2D eigenvalue weighted by molar-refractivity contribution is 0.0270. The van der Waals surface area contributed by atoms with E-state index in [0.29, 0.717) is 36.0 Å². The van der Waals surface area contributed by atoms with E-state index in [-0.39, 0.29) is 17.8 Å². The summed E-state index contributed by atoms with van der Waals surface area (Å²) in [7, 11) is 0. The Morgan fingerprint density at radius 2 is 2.03 bits per heavy atom. The lowest BCUT2D eigenvalue weighted by Crippen LogP contribution is -2.39. The summed E-state index contributed by atoms with van der Waals surface area (Å²) >= 11 is 6.50. The van der Waals surface area contributed by atoms with Gasteiger partial charge in [0, 0.05) is 47.5 Å². The smallest absolute Gasteiger partial charge is 0.410 e. The van der Waals surface area contributed by atoms with Gasteiger partial charge in [-0.3, -0.25) is 4.79 Å². The van der Waals surface area contributed by atoms with Crippen molar-refractivity contribution in [3.05, 3.63) is 82.4 Å². The van der Waals surface area contributed by atoms with E-state index in [1.54, 1.807) is 29.2 Å². The maximum atomic E-state index is 12.4. The predicted molar refractivity (Wildman–Crippen MR) is 143 cm³/mol. The molecule has 2 aromatic heterocycles. The van der Waals surface area contributed by atoms with Crippen molar-refractivity contribution < 1.29 is 18.7 Å². The highest BCUT2D eigenvalue weighted by Gasteiger charge is 2.25. The number of pyridine rings is 1. The Balaban J connectivity index is 1.28. The Hall–Kier alpha value is -3.91. The van der Waals surface area contributed by atoms with Gasteiger partial charge in [0.25, 0.3) is 5.91 Å². The molecule has 0 radical (unpaired) electrons. The number of amides is 2. The van der Waals surface area contributed by atoms with E-state index in [9.17, 15) is 9.59 Å². The molecular weight excluding hydrogens is 492 g/mol. The van der Waals surface area contributed by atoms with Crippen molar-refractivity contribution in [1.29, 1.82) is 0 Å². The fourth-order valence-corrected chi connectivity index (χ4v) is 4.49. The third-order valence-corrected chi connectivity index (χ3v) is 6.38. The third kappa shape index (κ3) is 5.59. The van der Waals surface area contributed by atoms with Crippen LogP contribution in [0.15, 0.2) is 64.3 Å². The molecule has 0 saturated heterocycles. The van der Waals surface area contributed by atoms with Crippen molar-refractivity contribution in [3.8, 4) is 0 Å². The monoisotopic (exact) mass is 518 g/mol. The largest absolute Gasteiger partial charge is 0.459 e. The first-order valence-electron chi connectivity index (χ1n) is 12.0. The van der Waals surface area contributed by atoms with E-state index in [2.05, 4.69) is 22.4 Å². The number of fused-ring (bicyclic) bond motifs is 1. The molecule has 0 saturated carbocycles. The molecule has 37 heavy (non-hydrogen) atoms. The molecule has 2 aliphatic heterocycles. The van der Waals surface area contributed by atoms with Gasteiger partial charge in [0.1, 0.15) is 5.60 Å². The average Bonchev–Trinajstić information content (AvgIpc) is 3.54. The van der Waals surface area contributed by atoms with E-state index < -0.39 is 5.60 Å². The second-order valence-electron chi connectivity index (χ2n) is 9.97. The van der Waals surface area contributed by atoms with E-state index in [1.807, 2.05) is 33.0 Å². The van der Waals surface area contributed by atoms with Crippen molar-refractivity contribution in [2.45, 2.75) is 39.2 Å². The van der Waals surface area contributed by atoms with Crippen LogP contribution >= 0.6 is 11.6 Å². The minimum Gasteiger partial charge on any atom is -0.459 e. The minimum absolute atomic E-state index is 0.227. The Morgan fingerprint density at radius 3 is 2.73 bits per heavy atom. The van der Waals surface area contributed by atoms with Crippen molar-refractivity contribution in [2.24, 2.45) is 4.99 Å². The topological polar surface area (TPSA) is 97.0 Å². The number of halogens is 1. The van der Waals surface area contributed by atoms with Crippen LogP contribution in [0.25, 0.3) is 5.57 Å². The highest BCUT2D eigenvalue weighted by Crippen LogP contribution is 2.33. The number of aliphatic imine (C=N–C) groups is 1. The predicted octanol–water partition coefficient (Wildman–Crippen LogP) is 6.28. The van der Waals surface area contributed by atoms with Crippen molar-refractivity contribution >= 4 is 46.4 Å². The molecule has 190 valence electrons. The lowest BCUT2D eigenvalue weighted by Gasteiger charge is -2.29. The van der Waals surface area contributed by atoms with Crippen LogP contribution < -0.4 is 5.32 Å². The van der Waals surface area contributed by atoms with Gasteiger partial charge in [-0.25, -0.2) is 14.8 Å². The van der Waals surface area contributed by atoms with Crippen LogP contribution in [-0.2, 0) is 11.2 Å². The molecular formula is C28H27ClN4O4. The summed E-state index contributed by atoms with van der Waals surface area (Å²) in [6.45, 7) is 6.68. The van der Waals surface area contributed by atoms with Gasteiger partial charge in [-0.1, -0.05) is 17.7 Å². The zero-order valence-electron chi connectivity index (χ0n) is 20.9. The van der Waals surface area contributed by atoms with Gasteiger partial charge in [-0.15, -0.1) is 0 Å². The van der Waals surface area contributed by atoms with E-state index in [1.165, 1.54) is 6.26 Å². The highest BCUT2D eigenvalue weighted by molar-refractivity contribution is 6.34. The van der Waals surface area contributed by atoms with Crippen LogP contribution in [-0.4, -0.2) is 46.3 Å². The molecule has 0 atom stereocenters. The summed E-state index contributed by atoms with van der Waals surface area (Å²) in [6.07, 6.45) is 6.32. The first-order chi connectivity index (χ1) is 17.7. The number of carbonyl (C=O) groups excluding carboxylic acids is 2. The molecule has 1 aromatic carbocycles. The number of anilines is 1. The lowest BCUT2D eigenvalue weighted by atomic mass is 9.98. The number of hydrogen-bond donors (Lipinski definition) is 1. The molecule has 8 nitrogen and oxygen atoms in total. The molecule has 0 bridgehead atoms. The maximum Gasteiger partial charge on any atom is 0.410 e. The molecule has 4 heterocycles. The molecule has 0 unspecified atom stereocenters. The number of ether oxygens (including phenoxy) is 1. The zero-order valence-corrected chi connectivity index (χ0v) is 21.6. The number of carbonyl (C=O) groups is 2. The van der Waals surface area contributed by atoms with Crippen molar-refractivity contribution in [3.63, 3.8) is 0 Å². The Morgan fingerprint density at radius 1 is 1.19 bits per heavy atom. The fourth-order valence-electron chi connectivity index (χ4n) is 4.26. The molecule has 1 N–H and O–H groups in total. The number of hydrogen-bond acceptors (Lipinski definition) is 6. The van der Waals surface area contributed by atoms with Crippen molar-refractivity contribution in [2.75, 3.05) is 18.4 Å². The summed E-state index contributed by atoms with van der Waals surface area (Å²) in [5.41, 5.74) is 4.76. The number of furan rings is 1. The second-order valence-corrected chi connectivity index (χ2v) is 10.4. The van der Waals surface area contributed by atoms with E-state index in [4.69, 9.17) is 25.7 Å². The van der Waals surface area contributed by atoms with Crippen LogP contribution in [0.5, 0.6) is 0 Å². The number of aromatic nitrogens is 1. The third-order valence-electron chi connectivity index (χ3n) is 6.05. The molecule has 0 aliphatic carbocycles. The van der Waals surface area contributed by atoms with Gasteiger partial charge in [-0.2, -0.15) is 0 Å². The molecule has 5 rings (SSSR count). The minimum atomic E-state index is -0.518. The van der Waals surface area contributed by atoms with E-state index >= 15 is 0 Å². The zero-order chi connectivity index (χ0) is 26.2. The standard InChI is InChI=1S/C28H27ClN4O4/c1-28(2,3)37-27(35)33-10-8-17(9-11-33)19-13-18-14-23(32-25(18)30-16-19)21-15-20(6-7-22(21)29)31-26(34)24-5-4-12-36-24/h4-8,12-13,15-16H,9-11,14H2,1-3H3,(H,31,34). The summed E-state index contributed by atoms with van der Waals surface area (Å²) in [5, 5.41) is 3.37. The summed E-state index contributed by atoms with van der Waals surface area (Å²) in [5.74, 6) is 0.545. The number of nitrogens with zero attached hydrogens (tertiary/aromatic N) is 3. The quantitative estimate of drug-likeness (QED) is 0.438. The van der Waals surface area contributed by atoms with Crippen LogP contribution in [0, 0.1) is 0 Å². The second kappa shape index (κ2) is 9.86.